The number of nitrogens with one attached hydrogen (secondary N) is 1. The number of ether oxygens (including phenoxy) is 1. The largest absolute Gasteiger partial charge is 0.413 e. The van der Waals surface area contributed by atoms with Gasteiger partial charge in [-0.3, -0.25) is 4.79 Å². The highest BCUT2D eigenvalue weighted by Crippen LogP contribution is 2.43. The van der Waals surface area contributed by atoms with E-state index in [0.717, 1.165) is 18.2 Å². The molecule has 0 spiro atoms. The minimum atomic E-state index is -4.80. The van der Waals surface area contributed by atoms with Gasteiger partial charge in [0.25, 0.3) is 0 Å². The molecule has 11 heteroatoms. The summed E-state index contributed by atoms with van der Waals surface area (Å²) in [5, 5.41) is 2.90. The molecule has 2 aromatic rings. The number of alkyl halides is 3. The summed E-state index contributed by atoms with van der Waals surface area (Å²) in [6.45, 7) is 1.30. The Balaban J connectivity index is 1.65. The van der Waals surface area contributed by atoms with Crippen LogP contribution in [0.1, 0.15) is 0 Å². The molecular weight excluding hydrogens is 483 g/mol. The van der Waals surface area contributed by atoms with E-state index in [0.29, 0.717) is 26.3 Å². The quantitative estimate of drug-likeness (QED) is 0.625. The van der Waals surface area contributed by atoms with Crippen LogP contribution in [0.4, 0.5) is 33.3 Å². The summed E-state index contributed by atoms with van der Waals surface area (Å²) in [4.78, 5) is 20.7. The van der Waals surface area contributed by atoms with Crippen molar-refractivity contribution in [1.29, 1.82) is 0 Å². The smallest absolute Gasteiger partial charge is 0.378 e. The maximum Gasteiger partial charge on any atom is 0.413 e. The molecule has 3 aliphatic rings. The minimum Gasteiger partial charge on any atom is -0.378 e. The molecule has 5 rings (SSSR count). The van der Waals surface area contributed by atoms with Crippen LogP contribution in [-0.2, 0) is 9.53 Å². The zero-order valence-electron chi connectivity index (χ0n) is 18.8. The van der Waals surface area contributed by atoms with E-state index in [9.17, 15) is 26.7 Å². The van der Waals surface area contributed by atoms with Gasteiger partial charge in [0.1, 0.15) is 29.5 Å². The number of aliphatic imine (C=N–C) groups is 1. The van der Waals surface area contributed by atoms with Crippen LogP contribution in [0.25, 0.3) is 0 Å². The Kier molecular flexibility index (Phi) is 6.25. The molecule has 6 nitrogen and oxygen atoms in total. The van der Waals surface area contributed by atoms with Gasteiger partial charge in [-0.1, -0.05) is 12.1 Å². The molecule has 188 valence electrons. The van der Waals surface area contributed by atoms with Crippen LogP contribution < -0.4 is 10.2 Å². The monoisotopic (exact) mass is 504 g/mol. The van der Waals surface area contributed by atoms with Gasteiger partial charge in [-0.05, 0) is 42.5 Å². The number of carbonyl (C=O) groups excluding carboxylic acids is 1. The average molecular weight is 504 g/mol. The van der Waals surface area contributed by atoms with Crippen molar-refractivity contribution in [2.45, 2.75) is 12.3 Å². The number of ketones is 1. The first-order valence-corrected chi connectivity index (χ1v) is 11.2. The van der Waals surface area contributed by atoms with E-state index in [1.54, 1.807) is 4.90 Å². The molecule has 2 unspecified atom stereocenters. The van der Waals surface area contributed by atoms with E-state index in [-0.39, 0.29) is 23.0 Å². The molecule has 0 aromatic heterocycles. The van der Waals surface area contributed by atoms with Gasteiger partial charge in [-0.25, -0.2) is 13.8 Å². The minimum absolute atomic E-state index is 0.0472. The fourth-order valence-electron chi connectivity index (χ4n) is 4.53. The number of hydrogen-bond donors (Lipinski definition) is 1. The first-order valence-electron chi connectivity index (χ1n) is 11.2. The van der Waals surface area contributed by atoms with Gasteiger partial charge in [0.2, 0.25) is 0 Å². The number of dihydropyridines is 1. The number of halogens is 5. The van der Waals surface area contributed by atoms with Crippen LogP contribution in [0.3, 0.4) is 0 Å². The third-order valence-electron chi connectivity index (χ3n) is 6.14. The molecule has 0 radical (unpaired) electrons. The van der Waals surface area contributed by atoms with Crippen LogP contribution in [0, 0.1) is 17.6 Å². The molecular formula is C25H21F5N4O2. The summed E-state index contributed by atoms with van der Waals surface area (Å²) in [7, 11) is 0. The summed E-state index contributed by atoms with van der Waals surface area (Å²) in [6, 6.07) is 10.6. The number of rotatable bonds is 3. The van der Waals surface area contributed by atoms with Gasteiger partial charge in [0, 0.05) is 30.5 Å². The SMILES string of the molecule is O=C1C=C(Nc2cccc(F)c2)N(c2cccc(F)c2)C2N=C(N3CCOCC3)C=C(C(F)(F)F)C12. The van der Waals surface area contributed by atoms with E-state index in [1.807, 2.05) is 0 Å². The standard InChI is InChI=1S/C25H21F5N4O2/c26-15-3-1-5-17(11-15)31-22-14-20(35)23-19(25(28,29)30)13-21(33-7-9-36-10-8-33)32-24(23)34(22)18-6-2-4-16(27)12-18/h1-6,11-14,23-24,31H,7-10H2. The fourth-order valence-corrected chi connectivity index (χ4v) is 4.53. The lowest BCUT2D eigenvalue weighted by Gasteiger charge is -2.44. The molecule has 2 atom stereocenters. The van der Waals surface area contributed by atoms with Gasteiger partial charge >= 0.3 is 6.18 Å². The molecule has 36 heavy (non-hydrogen) atoms. The summed E-state index contributed by atoms with van der Waals surface area (Å²) < 4.78 is 76.1. The molecule has 0 bridgehead atoms. The van der Waals surface area contributed by atoms with Crippen LogP contribution >= 0.6 is 0 Å². The summed E-state index contributed by atoms with van der Waals surface area (Å²) in [6.07, 6.45) is -4.24. The molecule has 3 heterocycles. The van der Waals surface area contributed by atoms with Crippen molar-refractivity contribution >= 4 is 23.0 Å². The number of fused-ring (bicyclic) bond motifs is 1. The second kappa shape index (κ2) is 9.38. The number of morpholine rings is 1. The highest BCUT2D eigenvalue weighted by atomic mass is 19.4. The zero-order chi connectivity index (χ0) is 25.4. The van der Waals surface area contributed by atoms with Crippen LogP contribution in [0.5, 0.6) is 0 Å². The predicted molar refractivity (Wildman–Crippen MR) is 123 cm³/mol. The number of hydrogen-bond acceptors (Lipinski definition) is 6. The van der Waals surface area contributed by atoms with Crippen molar-refractivity contribution in [3.05, 3.63) is 83.7 Å². The van der Waals surface area contributed by atoms with E-state index in [2.05, 4.69) is 10.3 Å². The van der Waals surface area contributed by atoms with Crippen molar-refractivity contribution in [3.63, 3.8) is 0 Å². The Morgan fingerprint density at radius 1 is 0.972 bits per heavy atom. The van der Waals surface area contributed by atoms with Gasteiger partial charge in [0.05, 0.1) is 24.7 Å². The number of carbonyl (C=O) groups is 1. The number of amidine groups is 1. The summed E-state index contributed by atoms with van der Waals surface area (Å²) in [5.74, 6) is -3.55. The third-order valence-corrected chi connectivity index (χ3v) is 6.14. The van der Waals surface area contributed by atoms with E-state index in [4.69, 9.17) is 4.74 Å². The Bertz CT molecular complexity index is 1270. The zero-order valence-corrected chi connectivity index (χ0v) is 18.8. The maximum absolute atomic E-state index is 14.2. The molecule has 1 fully saturated rings. The summed E-state index contributed by atoms with van der Waals surface area (Å²) >= 11 is 0. The first kappa shape index (κ1) is 24.0. The van der Waals surface area contributed by atoms with E-state index in [1.165, 1.54) is 47.4 Å². The van der Waals surface area contributed by atoms with E-state index < -0.39 is 41.3 Å². The molecule has 2 aromatic carbocycles. The first-order chi connectivity index (χ1) is 17.2. The molecule has 0 amide bonds. The summed E-state index contributed by atoms with van der Waals surface area (Å²) in [5.41, 5.74) is -0.591. The lowest BCUT2D eigenvalue weighted by atomic mass is 9.85. The lowest BCUT2D eigenvalue weighted by Crippen LogP contribution is -2.53. The highest BCUT2D eigenvalue weighted by molar-refractivity contribution is 6.03. The van der Waals surface area contributed by atoms with Gasteiger partial charge in [-0.2, -0.15) is 13.2 Å². The molecule has 0 saturated carbocycles. The van der Waals surface area contributed by atoms with Crippen molar-refractivity contribution in [3.8, 4) is 0 Å². The van der Waals surface area contributed by atoms with Crippen molar-refractivity contribution in [2.75, 3.05) is 36.5 Å². The number of allylic oxidation sites excluding steroid dienone is 1. The van der Waals surface area contributed by atoms with E-state index >= 15 is 0 Å². The molecule has 0 aliphatic carbocycles. The fraction of sp³-hybridized carbons (Fsp3) is 0.280. The number of benzene rings is 2. The van der Waals surface area contributed by atoms with Crippen LogP contribution in [0.15, 0.2) is 77.1 Å². The Labute approximate surface area is 203 Å². The number of anilines is 2. The number of nitrogens with zero attached hydrogens (tertiary/aromatic N) is 3. The van der Waals surface area contributed by atoms with Gasteiger partial charge < -0.3 is 19.9 Å². The molecule has 3 aliphatic heterocycles. The average Bonchev–Trinajstić information content (AvgIpc) is 2.83. The maximum atomic E-state index is 14.2. The van der Waals surface area contributed by atoms with Crippen molar-refractivity contribution in [1.82, 2.24) is 4.90 Å². The van der Waals surface area contributed by atoms with Crippen LogP contribution in [0.2, 0.25) is 0 Å². The molecule has 1 N–H and O–H groups in total. The second-order valence-corrected chi connectivity index (χ2v) is 8.49. The Morgan fingerprint density at radius 2 is 1.67 bits per heavy atom. The Hall–Kier alpha value is -3.73. The van der Waals surface area contributed by atoms with Gasteiger partial charge in [0.15, 0.2) is 5.78 Å². The molecule has 1 saturated heterocycles. The van der Waals surface area contributed by atoms with Crippen LogP contribution in [-0.4, -0.2) is 55.2 Å². The van der Waals surface area contributed by atoms with Gasteiger partial charge in [-0.15, -0.1) is 0 Å². The lowest BCUT2D eigenvalue weighted by molar-refractivity contribution is -0.126. The predicted octanol–water partition coefficient (Wildman–Crippen LogP) is 4.48. The second-order valence-electron chi connectivity index (χ2n) is 8.49. The van der Waals surface area contributed by atoms with Crippen molar-refractivity contribution < 1.29 is 31.5 Å². The van der Waals surface area contributed by atoms with Crippen molar-refractivity contribution in [2.24, 2.45) is 10.9 Å². The highest BCUT2D eigenvalue weighted by Gasteiger charge is 2.51. The topological polar surface area (TPSA) is 57.2 Å². The Morgan fingerprint density at radius 3 is 2.33 bits per heavy atom. The normalized spacial score (nSPS) is 22.5. The third kappa shape index (κ3) is 4.70.